The number of hydrogen-bond acceptors (Lipinski definition) is 3. The van der Waals surface area contributed by atoms with Crippen molar-refractivity contribution >= 4 is 34.8 Å². The Morgan fingerprint density at radius 2 is 2.00 bits per heavy atom. The Kier molecular flexibility index (Phi) is 6.36. The number of ether oxygens (including phenoxy) is 1. The van der Waals surface area contributed by atoms with Gasteiger partial charge in [0, 0.05) is 37.3 Å². The molecule has 1 N–H and O–H groups in total. The van der Waals surface area contributed by atoms with Crippen molar-refractivity contribution in [2.75, 3.05) is 23.9 Å². The summed E-state index contributed by atoms with van der Waals surface area (Å²) >= 11 is 5.68. The third kappa shape index (κ3) is 5.19. The van der Waals surface area contributed by atoms with Crippen LogP contribution in [0.15, 0.2) is 42.5 Å². The fourth-order valence-electron chi connectivity index (χ4n) is 2.26. The van der Waals surface area contributed by atoms with E-state index in [0.29, 0.717) is 17.1 Å². The summed E-state index contributed by atoms with van der Waals surface area (Å²) in [6.45, 7) is 1.63. The second-order valence-corrected chi connectivity index (χ2v) is 5.71. The molecule has 0 spiro atoms. The number of methoxy groups -OCH3 is 1. The van der Waals surface area contributed by atoms with Gasteiger partial charge in [-0.3, -0.25) is 9.59 Å². The summed E-state index contributed by atoms with van der Waals surface area (Å²) in [5.74, 6) is -0.433. The molecule has 0 heterocycles. The summed E-state index contributed by atoms with van der Waals surface area (Å²) in [5.41, 5.74) is 1.04. The van der Waals surface area contributed by atoms with Crippen LogP contribution in [0.5, 0.6) is 5.75 Å². The Morgan fingerprint density at radius 1 is 1.24 bits per heavy atom. The Morgan fingerprint density at radius 3 is 2.64 bits per heavy atom. The predicted molar refractivity (Wildman–Crippen MR) is 95.7 cm³/mol. The molecule has 0 aliphatic rings. The molecule has 0 saturated heterocycles. The molecule has 2 rings (SSSR count). The van der Waals surface area contributed by atoms with E-state index in [0.717, 1.165) is 0 Å². The lowest BCUT2D eigenvalue weighted by Gasteiger charge is -2.21. The SMILES string of the molecule is COc1cccc(N(CCC(=O)Nc2ccc(F)c(Cl)c2)C(C)=O)c1. The van der Waals surface area contributed by atoms with Crippen LogP contribution in [0.3, 0.4) is 0 Å². The van der Waals surface area contributed by atoms with Crippen molar-refractivity contribution in [1.29, 1.82) is 0 Å². The van der Waals surface area contributed by atoms with E-state index in [2.05, 4.69) is 5.32 Å². The third-order valence-electron chi connectivity index (χ3n) is 3.51. The molecule has 0 atom stereocenters. The maximum atomic E-state index is 13.1. The molecule has 2 amide bonds. The van der Waals surface area contributed by atoms with Gasteiger partial charge in [-0.1, -0.05) is 17.7 Å². The van der Waals surface area contributed by atoms with E-state index in [1.165, 1.54) is 30.0 Å². The molecule has 0 radical (unpaired) electrons. The third-order valence-corrected chi connectivity index (χ3v) is 3.80. The average Bonchev–Trinajstić information content (AvgIpc) is 2.58. The van der Waals surface area contributed by atoms with E-state index < -0.39 is 5.82 Å². The summed E-state index contributed by atoms with van der Waals surface area (Å²) in [5, 5.41) is 2.56. The van der Waals surface area contributed by atoms with Crippen LogP contribution < -0.4 is 15.0 Å². The van der Waals surface area contributed by atoms with E-state index in [9.17, 15) is 14.0 Å². The van der Waals surface area contributed by atoms with Crippen molar-refractivity contribution in [3.63, 3.8) is 0 Å². The number of halogens is 2. The molecule has 0 unspecified atom stereocenters. The predicted octanol–water partition coefficient (Wildman–Crippen LogP) is 3.87. The first-order valence-electron chi connectivity index (χ1n) is 7.57. The van der Waals surface area contributed by atoms with Gasteiger partial charge in [-0.05, 0) is 30.3 Å². The number of benzene rings is 2. The van der Waals surface area contributed by atoms with Crippen LogP contribution in [0.4, 0.5) is 15.8 Å². The van der Waals surface area contributed by atoms with Crippen molar-refractivity contribution < 1.29 is 18.7 Å². The van der Waals surface area contributed by atoms with Gasteiger partial charge in [-0.2, -0.15) is 0 Å². The number of anilines is 2. The molecule has 0 fully saturated rings. The molecule has 2 aromatic rings. The zero-order chi connectivity index (χ0) is 18.4. The lowest BCUT2D eigenvalue weighted by atomic mass is 10.2. The molecule has 0 aliphatic carbocycles. The summed E-state index contributed by atoms with van der Waals surface area (Å²) in [4.78, 5) is 25.5. The van der Waals surface area contributed by atoms with Gasteiger partial charge < -0.3 is 15.0 Å². The second-order valence-electron chi connectivity index (χ2n) is 5.30. The van der Waals surface area contributed by atoms with Gasteiger partial charge >= 0.3 is 0 Å². The molecule has 5 nitrogen and oxygen atoms in total. The first-order chi connectivity index (χ1) is 11.9. The van der Waals surface area contributed by atoms with Gasteiger partial charge in [0.25, 0.3) is 0 Å². The zero-order valence-corrected chi connectivity index (χ0v) is 14.6. The van der Waals surface area contributed by atoms with Crippen LogP contribution in [0, 0.1) is 5.82 Å². The Hall–Kier alpha value is -2.60. The van der Waals surface area contributed by atoms with Gasteiger partial charge in [-0.25, -0.2) is 4.39 Å². The minimum atomic E-state index is -0.555. The quantitative estimate of drug-likeness (QED) is 0.846. The van der Waals surface area contributed by atoms with Crippen LogP contribution in [-0.2, 0) is 9.59 Å². The number of rotatable bonds is 6. The lowest BCUT2D eigenvalue weighted by molar-refractivity contribution is -0.117. The molecule has 25 heavy (non-hydrogen) atoms. The normalized spacial score (nSPS) is 10.2. The lowest BCUT2D eigenvalue weighted by Crippen LogP contribution is -2.31. The minimum Gasteiger partial charge on any atom is -0.497 e. The maximum absolute atomic E-state index is 13.1. The number of carbonyl (C=O) groups excluding carboxylic acids is 2. The maximum Gasteiger partial charge on any atom is 0.226 e. The summed E-state index contributed by atoms with van der Waals surface area (Å²) in [6, 6.07) is 11.0. The summed E-state index contributed by atoms with van der Waals surface area (Å²) < 4.78 is 18.3. The highest BCUT2D eigenvalue weighted by molar-refractivity contribution is 6.31. The molecular weight excluding hydrogens is 347 g/mol. The van der Waals surface area contributed by atoms with Gasteiger partial charge in [0.1, 0.15) is 11.6 Å². The highest BCUT2D eigenvalue weighted by Gasteiger charge is 2.14. The fourth-order valence-corrected chi connectivity index (χ4v) is 2.44. The van der Waals surface area contributed by atoms with Gasteiger partial charge in [0.05, 0.1) is 12.1 Å². The number of carbonyl (C=O) groups is 2. The molecule has 7 heteroatoms. The monoisotopic (exact) mass is 364 g/mol. The molecular formula is C18H18ClFN2O3. The summed E-state index contributed by atoms with van der Waals surface area (Å²) in [7, 11) is 1.54. The highest BCUT2D eigenvalue weighted by Crippen LogP contribution is 2.22. The Balaban J connectivity index is 2.01. The molecule has 0 aromatic heterocycles. The van der Waals surface area contributed by atoms with Crippen molar-refractivity contribution in [1.82, 2.24) is 0 Å². The minimum absolute atomic E-state index is 0.0699. The van der Waals surface area contributed by atoms with Crippen LogP contribution in [0.2, 0.25) is 5.02 Å². The Labute approximate surface area is 150 Å². The van der Waals surface area contributed by atoms with Crippen molar-refractivity contribution in [3.05, 3.63) is 53.3 Å². The van der Waals surface area contributed by atoms with E-state index >= 15 is 0 Å². The standard InChI is InChI=1S/C18H18ClFN2O3/c1-12(23)22(14-4-3-5-15(11-14)25-2)9-8-18(24)21-13-6-7-17(20)16(19)10-13/h3-7,10-11H,8-9H2,1-2H3,(H,21,24). The largest absolute Gasteiger partial charge is 0.497 e. The fraction of sp³-hybridized carbons (Fsp3) is 0.222. The molecule has 0 bridgehead atoms. The molecule has 0 saturated carbocycles. The smallest absolute Gasteiger partial charge is 0.226 e. The van der Waals surface area contributed by atoms with E-state index in [4.69, 9.17) is 16.3 Å². The first kappa shape index (κ1) is 18.7. The number of amides is 2. The summed E-state index contributed by atoms with van der Waals surface area (Å²) in [6.07, 6.45) is 0.0752. The zero-order valence-electron chi connectivity index (χ0n) is 13.9. The first-order valence-corrected chi connectivity index (χ1v) is 7.95. The van der Waals surface area contributed by atoms with Gasteiger partial charge in [0.2, 0.25) is 11.8 Å². The van der Waals surface area contributed by atoms with E-state index in [1.807, 2.05) is 0 Å². The van der Waals surface area contributed by atoms with E-state index in [-0.39, 0.29) is 29.8 Å². The van der Waals surface area contributed by atoms with Crippen molar-refractivity contribution in [2.45, 2.75) is 13.3 Å². The number of nitrogens with one attached hydrogen (secondary N) is 1. The van der Waals surface area contributed by atoms with Gasteiger partial charge in [0.15, 0.2) is 0 Å². The second kappa shape index (κ2) is 8.48. The number of nitrogens with zero attached hydrogens (tertiary/aromatic N) is 1. The molecule has 2 aromatic carbocycles. The van der Waals surface area contributed by atoms with E-state index in [1.54, 1.807) is 31.4 Å². The highest BCUT2D eigenvalue weighted by atomic mass is 35.5. The van der Waals surface area contributed by atoms with Gasteiger partial charge in [-0.15, -0.1) is 0 Å². The topological polar surface area (TPSA) is 58.6 Å². The van der Waals surface area contributed by atoms with Crippen LogP contribution in [0.1, 0.15) is 13.3 Å². The number of hydrogen-bond donors (Lipinski definition) is 1. The van der Waals surface area contributed by atoms with Crippen molar-refractivity contribution in [3.8, 4) is 5.75 Å². The van der Waals surface area contributed by atoms with Crippen LogP contribution in [0.25, 0.3) is 0 Å². The molecule has 132 valence electrons. The average molecular weight is 365 g/mol. The molecule has 0 aliphatic heterocycles. The Bertz CT molecular complexity index is 783. The van der Waals surface area contributed by atoms with Crippen LogP contribution in [-0.4, -0.2) is 25.5 Å². The van der Waals surface area contributed by atoms with Crippen molar-refractivity contribution in [2.24, 2.45) is 0 Å². The van der Waals surface area contributed by atoms with Crippen LogP contribution >= 0.6 is 11.6 Å².